The van der Waals surface area contributed by atoms with Crippen molar-refractivity contribution >= 4 is 27.5 Å². The van der Waals surface area contributed by atoms with Gasteiger partial charge in [-0.1, -0.05) is 0 Å². The van der Waals surface area contributed by atoms with E-state index in [1.54, 1.807) is 13.8 Å². The third kappa shape index (κ3) is 5.82. The number of aromatic carboxylic acids is 1. The van der Waals surface area contributed by atoms with E-state index in [0.717, 1.165) is 6.26 Å². The van der Waals surface area contributed by atoms with Gasteiger partial charge in [0.25, 0.3) is 0 Å². The van der Waals surface area contributed by atoms with Crippen LogP contribution in [-0.4, -0.2) is 43.6 Å². The summed E-state index contributed by atoms with van der Waals surface area (Å²) in [6.45, 7) is 3.25. The number of carbonyl (C=O) groups excluding carboxylic acids is 1. The Labute approximate surface area is 123 Å². The van der Waals surface area contributed by atoms with Gasteiger partial charge in [0.1, 0.15) is 9.84 Å². The van der Waals surface area contributed by atoms with Crippen molar-refractivity contribution in [3.05, 3.63) is 29.3 Å². The minimum Gasteiger partial charge on any atom is -0.478 e. The Kier molecular flexibility index (Phi) is 5.31. The van der Waals surface area contributed by atoms with E-state index in [1.807, 2.05) is 0 Å². The molecule has 3 N–H and O–H groups in total. The fourth-order valence-corrected chi connectivity index (χ4v) is 2.81. The van der Waals surface area contributed by atoms with E-state index in [-0.39, 0.29) is 11.3 Å². The van der Waals surface area contributed by atoms with Gasteiger partial charge in [-0.25, -0.2) is 18.0 Å². The molecule has 7 nitrogen and oxygen atoms in total. The lowest BCUT2D eigenvalue weighted by atomic mass is 10.1. The third-order valence-corrected chi connectivity index (χ3v) is 3.76. The standard InChI is InChI=1S/C13H18N2O5S/c1-8-6-10(12(16)17)4-5-11(8)15-13(18)14-9(2)7-21(3,19)20/h4-6,9H,7H2,1-3H3,(H,16,17)(H2,14,15,18). The predicted octanol–water partition coefficient (Wildman–Crippen LogP) is 1.25. The Morgan fingerprint density at radius 2 is 1.95 bits per heavy atom. The molecule has 0 aliphatic carbocycles. The summed E-state index contributed by atoms with van der Waals surface area (Å²) >= 11 is 0. The van der Waals surface area contributed by atoms with Crippen molar-refractivity contribution in [2.45, 2.75) is 19.9 Å². The van der Waals surface area contributed by atoms with Gasteiger partial charge in [-0.15, -0.1) is 0 Å². The van der Waals surface area contributed by atoms with Crippen LogP contribution < -0.4 is 10.6 Å². The van der Waals surface area contributed by atoms with Crippen LogP contribution in [0.1, 0.15) is 22.8 Å². The predicted molar refractivity (Wildman–Crippen MR) is 79.5 cm³/mol. The molecule has 0 spiro atoms. The Bertz CT molecular complexity index is 655. The largest absolute Gasteiger partial charge is 0.478 e. The molecule has 2 amide bonds. The van der Waals surface area contributed by atoms with E-state index in [0.29, 0.717) is 11.3 Å². The fraction of sp³-hybridized carbons (Fsp3) is 0.385. The number of benzene rings is 1. The number of sulfone groups is 1. The van der Waals surface area contributed by atoms with Crippen molar-refractivity contribution in [2.75, 3.05) is 17.3 Å². The van der Waals surface area contributed by atoms with Crippen molar-refractivity contribution in [2.24, 2.45) is 0 Å². The zero-order valence-corrected chi connectivity index (χ0v) is 12.8. The van der Waals surface area contributed by atoms with Crippen molar-refractivity contribution in [1.29, 1.82) is 0 Å². The fourth-order valence-electron chi connectivity index (χ4n) is 1.81. The molecular weight excluding hydrogens is 296 g/mol. The highest BCUT2D eigenvalue weighted by atomic mass is 32.2. The first kappa shape index (κ1) is 17.0. The SMILES string of the molecule is Cc1cc(C(=O)O)ccc1NC(=O)NC(C)CS(C)(=O)=O. The van der Waals surface area contributed by atoms with Gasteiger partial charge in [-0.05, 0) is 37.6 Å². The van der Waals surface area contributed by atoms with Crippen molar-refractivity contribution in [1.82, 2.24) is 5.32 Å². The molecule has 116 valence electrons. The number of aryl methyl sites for hydroxylation is 1. The molecule has 0 heterocycles. The van der Waals surface area contributed by atoms with Gasteiger partial charge in [0.05, 0.1) is 11.3 Å². The maximum atomic E-state index is 11.7. The van der Waals surface area contributed by atoms with Gasteiger partial charge in [0, 0.05) is 18.0 Å². The van der Waals surface area contributed by atoms with Gasteiger partial charge in [0.2, 0.25) is 0 Å². The highest BCUT2D eigenvalue weighted by Crippen LogP contribution is 2.16. The van der Waals surface area contributed by atoms with Gasteiger partial charge < -0.3 is 15.7 Å². The molecule has 0 saturated heterocycles. The summed E-state index contributed by atoms with van der Waals surface area (Å²) in [5.74, 6) is -1.20. The number of carboxylic acid groups (broad SMARTS) is 1. The first-order valence-electron chi connectivity index (χ1n) is 6.17. The lowest BCUT2D eigenvalue weighted by Gasteiger charge is -2.15. The van der Waals surface area contributed by atoms with Gasteiger partial charge in [0.15, 0.2) is 0 Å². The summed E-state index contributed by atoms with van der Waals surface area (Å²) in [5.41, 5.74) is 1.19. The van der Waals surface area contributed by atoms with Crippen molar-refractivity contribution in [3.8, 4) is 0 Å². The minimum absolute atomic E-state index is 0.129. The van der Waals surface area contributed by atoms with Crippen LogP contribution in [0.5, 0.6) is 0 Å². The molecule has 0 bridgehead atoms. The summed E-state index contributed by atoms with van der Waals surface area (Å²) in [5, 5.41) is 13.9. The average molecular weight is 314 g/mol. The topological polar surface area (TPSA) is 113 Å². The molecule has 0 saturated carbocycles. The van der Waals surface area contributed by atoms with E-state index in [9.17, 15) is 18.0 Å². The Morgan fingerprint density at radius 3 is 2.43 bits per heavy atom. The lowest BCUT2D eigenvalue weighted by Crippen LogP contribution is -2.40. The summed E-state index contributed by atoms with van der Waals surface area (Å²) in [6, 6.07) is 3.23. The molecule has 1 atom stereocenters. The van der Waals surface area contributed by atoms with Crippen LogP contribution in [0.2, 0.25) is 0 Å². The summed E-state index contributed by atoms with van der Waals surface area (Å²) in [6.07, 6.45) is 1.10. The molecule has 1 rings (SSSR count). The number of nitrogens with one attached hydrogen (secondary N) is 2. The quantitative estimate of drug-likeness (QED) is 0.757. The summed E-state index contributed by atoms with van der Waals surface area (Å²) < 4.78 is 22.2. The summed E-state index contributed by atoms with van der Waals surface area (Å²) in [7, 11) is -3.17. The van der Waals surface area contributed by atoms with Gasteiger partial charge >= 0.3 is 12.0 Å². The Balaban J connectivity index is 2.69. The van der Waals surface area contributed by atoms with Crippen LogP contribution in [0.3, 0.4) is 0 Å². The maximum Gasteiger partial charge on any atom is 0.335 e. The molecule has 1 aromatic carbocycles. The van der Waals surface area contributed by atoms with Crippen molar-refractivity contribution in [3.63, 3.8) is 0 Å². The third-order valence-electron chi connectivity index (χ3n) is 2.65. The zero-order chi connectivity index (χ0) is 16.2. The molecule has 0 aliphatic rings. The number of urea groups is 1. The Hall–Kier alpha value is -2.09. The van der Waals surface area contributed by atoms with E-state index >= 15 is 0 Å². The van der Waals surface area contributed by atoms with Crippen molar-refractivity contribution < 1.29 is 23.1 Å². The molecule has 0 aliphatic heterocycles. The smallest absolute Gasteiger partial charge is 0.335 e. The van der Waals surface area contributed by atoms with E-state index < -0.39 is 27.9 Å². The zero-order valence-electron chi connectivity index (χ0n) is 12.0. The van der Waals surface area contributed by atoms with Crippen LogP contribution in [0.4, 0.5) is 10.5 Å². The van der Waals surface area contributed by atoms with Gasteiger partial charge in [-0.2, -0.15) is 0 Å². The number of amides is 2. The number of carboxylic acids is 1. The number of hydrogen-bond donors (Lipinski definition) is 3. The molecule has 0 aromatic heterocycles. The van der Waals surface area contributed by atoms with Crippen LogP contribution in [0.15, 0.2) is 18.2 Å². The molecule has 8 heteroatoms. The molecule has 0 radical (unpaired) electrons. The monoisotopic (exact) mass is 314 g/mol. The molecular formula is C13H18N2O5S. The van der Waals surface area contributed by atoms with Crippen LogP contribution in [-0.2, 0) is 9.84 Å². The number of rotatable bonds is 5. The molecule has 1 aromatic rings. The molecule has 21 heavy (non-hydrogen) atoms. The number of hydrogen-bond acceptors (Lipinski definition) is 4. The normalized spacial score (nSPS) is 12.5. The second-order valence-corrected chi connectivity index (χ2v) is 7.11. The van der Waals surface area contributed by atoms with Crippen LogP contribution in [0.25, 0.3) is 0 Å². The first-order chi connectivity index (χ1) is 9.58. The number of carbonyl (C=O) groups is 2. The van der Waals surface area contributed by atoms with E-state index in [4.69, 9.17) is 5.11 Å². The Morgan fingerprint density at radius 1 is 1.33 bits per heavy atom. The maximum absolute atomic E-state index is 11.7. The highest BCUT2D eigenvalue weighted by Gasteiger charge is 2.14. The minimum atomic E-state index is -3.17. The number of anilines is 1. The first-order valence-corrected chi connectivity index (χ1v) is 8.23. The van der Waals surface area contributed by atoms with Crippen LogP contribution >= 0.6 is 0 Å². The van der Waals surface area contributed by atoms with Gasteiger partial charge in [-0.3, -0.25) is 0 Å². The lowest BCUT2D eigenvalue weighted by molar-refractivity contribution is 0.0696. The second-order valence-electron chi connectivity index (χ2n) is 4.93. The van der Waals surface area contributed by atoms with Crippen LogP contribution in [0, 0.1) is 6.92 Å². The molecule has 0 fully saturated rings. The second kappa shape index (κ2) is 6.57. The van der Waals surface area contributed by atoms with E-state index in [2.05, 4.69) is 10.6 Å². The average Bonchev–Trinajstić information content (AvgIpc) is 2.28. The molecule has 1 unspecified atom stereocenters. The highest BCUT2D eigenvalue weighted by molar-refractivity contribution is 7.90. The van der Waals surface area contributed by atoms with E-state index in [1.165, 1.54) is 18.2 Å². The summed E-state index contributed by atoms with van der Waals surface area (Å²) in [4.78, 5) is 22.6.